The monoisotopic (exact) mass is 258 g/mol. The van der Waals surface area contributed by atoms with Gasteiger partial charge in [0.05, 0.1) is 0 Å². The van der Waals surface area contributed by atoms with Gasteiger partial charge in [-0.15, -0.1) is 0 Å². The topological polar surface area (TPSA) is 63.8 Å². The Hall–Kier alpha value is -2.01. The van der Waals surface area contributed by atoms with Crippen molar-refractivity contribution in [3.05, 3.63) is 54.0 Å². The minimum atomic E-state index is 0.363. The molecule has 0 unspecified atom stereocenters. The average Bonchev–Trinajstić information content (AvgIpc) is 2.40. The highest BCUT2D eigenvalue weighted by Crippen LogP contribution is 2.05. The van der Waals surface area contributed by atoms with E-state index in [-0.39, 0.29) is 0 Å². The van der Waals surface area contributed by atoms with E-state index in [1.807, 2.05) is 30.3 Å². The SMILES string of the molecule is NC(=S)c1ccc(NCCc2ccccn2)nc1. The number of nitrogens with two attached hydrogens (primary N) is 1. The first kappa shape index (κ1) is 12.4. The fourth-order valence-electron chi connectivity index (χ4n) is 1.51. The quantitative estimate of drug-likeness (QED) is 0.800. The molecule has 2 aromatic rings. The zero-order valence-corrected chi connectivity index (χ0v) is 10.7. The molecule has 0 aliphatic heterocycles. The van der Waals surface area contributed by atoms with Crippen LogP contribution in [-0.2, 0) is 6.42 Å². The van der Waals surface area contributed by atoms with E-state index in [2.05, 4.69) is 15.3 Å². The van der Waals surface area contributed by atoms with Gasteiger partial charge in [-0.05, 0) is 24.3 Å². The summed E-state index contributed by atoms with van der Waals surface area (Å²) in [6.07, 6.45) is 4.33. The molecular formula is C13H14N4S. The van der Waals surface area contributed by atoms with Crippen LogP contribution in [0.25, 0.3) is 0 Å². The van der Waals surface area contributed by atoms with Gasteiger partial charge in [0.15, 0.2) is 0 Å². The van der Waals surface area contributed by atoms with Crippen molar-refractivity contribution in [2.24, 2.45) is 5.73 Å². The van der Waals surface area contributed by atoms with Crippen molar-refractivity contribution in [3.8, 4) is 0 Å². The van der Waals surface area contributed by atoms with Gasteiger partial charge in [-0.25, -0.2) is 4.98 Å². The Morgan fingerprint density at radius 2 is 2.11 bits per heavy atom. The van der Waals surface area contributed by atoms with E-state index >= 15 is 0 Å². The maximum atomic E-state index is 5.50. The number of pyridine rings is 2. The van der Waals surface area contributed by atoms with Crippen LogP contribution in [0.3, 0.4) is 0 Å². The van der Waals surface area contributed by atoms with E-state index in [0.29, 0.717) is 4.99 Å². The number of anilines is 1. The number of nitrogens with zero attached hydrogens (tertiary/aromatic N) is 2. The largest absolute Gasteiger partial charge is 0.389 e. The molecule has 0 amide bonds. The average molecular weight is 258 g/mol. The van der Waals surface area contributed by atoms with Crippen LogP contribution in [0.1, 0.15) is 11.3 Å². The maximum absolute atomic E-state index is 5.50. The van der Waals surface area contributed by atoms with Crippen LogP contribution in [0.5, 0.6) is 0 Å². The van der Waals surface area contributed by atoms with E-state index in [9.17, 15) is 0 Å². The molecule has 2 heterocycles. The van der Waals surface area contributed by atoms with Crippen LogP contribution >= 0.6 is 12.2 Å². The lowest BCUT2D eigenvalue weighted by atomic mass is 10.2. The predicted molar refractivity (Wildman–Crippen MR) is 76.6 cm³/mol. The Bertz CT molecular complexity index is 510. The molecule has 0 radical (unpaired) electrons. The van der Waals surface area contributed by atoms with Gasteiger partial charge in [-0.2, -0.15) is 0 Å². The van der Waals surface area contributed by atoms with Crippen LogP contribution in [0.4, 0.5) is 5.82 Å². The zero-order valence-electron chi connectivity index (χ0n) is 9.84. The lowest BCUT2D eigenvalue weighted by Crippen LogP contribution is -2.11. The summed E-state index contributed by atoms with van der Waals surface area (Å²) in [6.45, 7) is 0.788. The van der Waals surface area contributed by atoms with Crippen LogP contribution in [0.15, 0.2) is 42.7 Å². The first-order chi connectivity index (χ1) is 8.75. The summed E-state index contributed by atoms with van der Waals surface area (Å²) in [5.74, 6) is 0.811. The summed E-state index contributed by atoms with van der Waals surface area (Å²) < 4.78 is 0. The summed E-state index contributed by atoms with van der Waals surface area (Å²) in [5, 5.41) is 3.22. The highest BCUT2D eigenvalue weighted by molar-refractivity contribution is 7.80. The van der Waals surface area contributed by atoms with E-state index < -0.39 is 0 Å². The Morgan fingerprint density at radius 3 is 2.72 bits per heavy atom. The molecule has 0 aromatic carbocycles. The molecule has 5 heteroatoms. The summed E-state index contributed by atoms with van der Waals surface area (Å²) in [6, 6.07) is 9.63. The van der Waals surface area contributed by atoms with Gasteiger partial charge in [0.2, 0.25) is 0 Å². The van der Waals surface area contributed by atoms with Crippen LogP contribution in [0, 0.1) is 0 Å². The van der Waals surface area contributed by atoms with Gasteiger partial charge in [-0.3, -0.25) is 4.98 Å². The number of nitrogens with one attached hydrogen (secondary N) is 1. The Balaban J connectivity index is 1.85. The molecule has 3 N–H and O–H groups in total. The normalized spacial score (nSPS) is 10.0. The number of thiocarbonyl (C=S) groups is 1. The number of rotatable bonds is 5. The van der Waals surface area contributed by atoms with E-state index in [0.717, 1.165) is 30.0 Å². The second-order valence-electron chi connectivity index (χ2n) is 3.79. The Labute approximate surface area is 111 Å². The highest BCUT2D eigenvalue weighted by atomic mass is 32.1. The van der Waals surface area contributed by atoms with Crippen molar-refractivity contribution < 1.29 is 0 Å². The van der Waals surface area contributed by atoms with Gasteiger partial charge in [0.25, 0.3) is 0 Å². The predicted octanol–water partition coefficient (Wildman–Crippen LogP) is 1.77. The summed E-state index contributed by atoms with van der Waals surface area (Å²) >= 11 is 4.87. The molecule has 2 aromatic heterocycles. The molecule has 0 saturated carbocycles. The summed E-state index contributed by atoms with van der Waals surface area (Å²) in [7, 11) is 0. The molecular weight excluding hydrogens is 244 g/mol. The van der Waals surface area contributed by atoms with E-state index in [4.69, 9.17) is 18.0 Å². The third-order valence-corrected chi connectivity index (χ3v) is 2.70. The van der Waals surface area contributed by atoms with Crippen LogP contribution < -0.4 is 11.1 Å². The van der Waals surface area contributed by atoms with Gasteiger partial charge in [-0.1, -0.05) is 18.3 Å². The number of hydrogen-bond donors (Lipinski definition) is 2. The van der Waals surface area contributed by atoms with Gasteiger partial charge in [0, 0.05) is 36.6 Å². The van der Waals surface area contributed by atoms with Crippen molar-refractivity contribution in [1.82, 2.24) is 9.97 Å². The molecule has 0 atom stereocenters. The standard InChI is InChI=1S/C13H14N4S/c14-13(18)10-4-5-12(17-9-10)16-8-6-11-3-1-2-7-15-11/h1-5,7,9H,6,8H2,(H2,14,18)(H,16,17). The highest BCUT2D eigenvalue weighted by Gasteiger charge is 1.98. The third-order valence-electron chi connectivity index (χ3n) is 2.46. The molecule has 0 fully saturated rings. The zero-order chi connectivity index (χ0) is 12.8. The second-order valence-corrected chi connectivity index (χ2v) is 4.23. The second kappa shape index (κ2) is 6.07. The van der Waals surface area contributed by atoms with Crippen molar-refractivity contribution in [2.45, 2.75) is 6.42 Å². The molecule has 18 heavy (non-hydrogen) atoms. The van der Waals surface area contributed by atoms with Gasteiger partial charge in [0.1, 0.15) is 10.8 Å². The minimum Gasteiger partial charge on any atom is -0.389 e. The van der Waals surface area contributed by atoms with Crippen molar-refractivity contribution in [3.63, 3.8) is 0 Å². The Morgan fingerprint density at radius 1 is 1.22 bits per heavy atom. The van der Waals surface area contributed by atoms with Gasteiger partial charge < -0.3 is 11.1 Å². The lowest BCUT2D eigenvalue weighted by Gasteiger charge is -2.05. The van der Waals surface area contributed by atoms with Crippen molar-refractivity contribution in [2.75, 3.05) is 11.9 Å². The van der Waals surface area contributed by atoms with Crippen LogP contribution in [-0.4, -0.2) is 21.5 Å². The first-order valence-electron chi connectivity index (χ1n) is 5.65. The lowest BCUT2D eigenvalue weighted by molar-refractivity contribution is 0.954. The van der Waals surface area contributed by atoms with Crippen molar-refractivity contribution >= 4 is 23.0 Å². The maximum Gasteiger partial charge on any atom is 0.125 e. The van der Waals surface area contributed by atoms with E-state index in [1.165, 1.54) is 0 Å². The summed E-state index contributed by atoms with van der Waals surface area (Å²) in [5.41, 5.74) is 7.34. The molecule has 0 bridgehead atoms. The van der Waals surface area contributed by atoms with Crippen LogP contribution in [0.2, 0.25) is 0 Å². The van der Waals surface area contributed by atoms with E-state index in [1.54, 1.807) is 12.4 Å². The molecule has 0 saturated heterocycles. The first-order valence-corrected chi connectivity index (χ1v) is 6.06. The number of aromatic nitrogens is 2. The minimum absolute atomic E-state index is 0.363. The number of hydrogen-bond acceptors (Lipinski definition) is 4. The summed E-state index contributed by atoms with van der Waals surface area (Å²) in [4.78, 5) is 8.85. The molecule has 0 spiro atoms. The molecule has 0 aliphatic carbocycles. The molecule has 92 valence electrons. The molecule has 4 nitrogen and oxygen atoms in total. The molecule has 2 rings (SSSR count). The fourth-order valence-corrected chi connectivity index (χ4v) is 1.63. The van der Waals surface area contributed by atoms with Crippen molar-refractivity contribution in [1.29, 1.82) is 0 Å². The fraction of sp³-hybridized carbons (Fsp3) is 0.154. The molecule has 0 aliphatic rings. The smallest absolute Gasteiger partial charge is 0.125 e. The Kier molecular flexibility index (Phi) is 4.20. The van der Waals surface area contributed by atoms with Gasteiger partial charge >= 0.3 is 0 Å². The third kappa shape index (κ3) is 3.49.